The molecule has 27 heavy (non-hydrogen) atoms. The molecule has 1 atom stereocenters. The first-order chi connectivity index (χ1) is 12.7. The molecule has 2 rings (SSSR count). The van der Waals surface area contributed by atoms with Gasteiger partial charge < -0.3 is 4.90 Å². The topological polar surface area (TPSA) is 37.4 Å². The third-order valence-corrected chi connectivity index (χ3v) is 4.85. The number of anilines is 1. The van der Waals surface area contributed by atoms with Crippen molar-refractivity contribution in [2.24, 2.45) is 5.92 Å². The normalized spacial score (nSPS) is 19.6. The molecule has 0 spiro atoms. The van der Waals surface area contributed by atoms with E-state index in [0.29, 0.717) is 18.4 Å². The van der Waals surface area contributed by atoms with Crippen LogP contribution in [0.4, 0.5) is 23.2 Å². The maximum atomic E-state index is 13.4. The highest BCUT2D eigenvalue weighted by Crippen LogP contribution is 2.34. The SMILES string of the molecule is CCN(CC)c1ccc(/C=C2\CCCC(C(=O)C(F)(F)C(F)F)C2=O)cc1. The second kappa shape index (κ2) is 8.67. The monoisotopic (exact) mass is 385 g/mol. The zero-order valence-electron chi connectivity index (χ0n) is 15.4. The molecule has 1 aromatic carbocycles. The number of Topliss-reactive ketones (excluding diaryl/α,β-unsaturated/α-hetero) is 2. The van der Waals surface area contributed by atoms with Crippen molar-refractivity contribution in [2.45, 2.75) is 45.5 Å². The van der Waals surface area contributed by atoms with Crippen molar-refractivity contribution in [1.29, 1.82) is 0 Å². The van der Waals surface area contributed by atoms with Gasteiger partial charge in [0.05, 0.1) is 5.92 Å². The van der Waals surface area contributed by atoms with Gasteiger partial charge in [0.15, 0.2) is 5.78 Å². The van der Waals surface area contributed by atoms with E-state index < -0.39 is 29.8 Å². The summed E-state index contributed by atoms with van der Waals surface area (Å²) in [6.07, 6.45) is -2.03. The summed E-state index contributed by atoms with van der Waals surface area (Å²) in [5, 5.41) is 0. The molecule has 0 N–H and O–H groups in total. The van der Waals surface area contributed by atoms with E-state index >= 15 is 0 Å². The molecule has 0 amide bonds. The van der Waals surface area contributed by atoms with Crippen LogP contribution in [-0.2, 0) is 9.59 Å². The van der Waals surface area contributed by atoms with Gasteiger partial charge in [0.2, 0.25) is 5.78 Å². The van der Waals surface area contributed by atoms with Crippen molar-refractivity contribution in [1.82, 2.24) is 0 Å². The number of alkyl halides is 4. The second-order valence-electron chi connectivity index (χ2n) is 6.53. The van der Waals surface area contributed by atoms with E-state index in [1.165, 1.54) is 0 Å². The molecule has 0 heterocycles. The summed E-state index contributed by atoms with van der Waals surface area (Å²) in [4.78, 5) is 26.3. The van der Waals surface area contributed by atoms with E-state index in [0.717, 1.165) is 18.8 Å². The number of carbonyl (C=O) groups is 2. The molecule has 0 aromatic heterocycles. The number of ketones is 2. The average molecular weight is 385 g/mol. The summed E-state index contributed by atoms with van der Waals surface area (Å²) < 4.78 is 51.6. The predicted octanol–water partition coefficient (Wildman–Crippen LogP) is 4.75. The van der Waals surface area contributed by atoms with Crippen LogP contribution in [-0.4, -0.2) is 37.0 Å². The van der Waals surface area contributed by atoms with E-state index in [1.807, 2.05) is 26.0 Å². The Morgan fingerprint density at radius 1 is 1.22 bits per heavy atom. The molecule has 0 radical (unpaired) electrons. The Labute approximate surface area is 156 Å². The minimum atomic E-state index is -4.80. The van der Waals surface area contributed by atoms with Gasteiger partial charge in [-0.25, -0.2) is 8.78 Å². The lowest BCUT2D eigenvalue weighted by atomic mass is 9.79. The van der Waals surface area contributed by atoms with Crippen molar-refractivity contribution in [3.63, 3.8) is 0 Å². The Morgan fingerprint density at radius 3 is 2.33 bits per heavy atom. The number of allylic oxidation sites excluding steroid dienone is 1. The van der Waals surface area contributed by atoms with Crippen molar-refractivity contribution < 1.29 is 27.2 Å². The van der Waals surface area contributed by atoms with Crippen LogP contribution < -0.4 is 4.90 Å². The quantitative estimate of drug-likeness (QED) is 0.386. The minimum Gasteiger partial charge on any atom is -0.372 e. The molecule has 1 saturated carbocycles. The van der Waals surface area contributed by atoms with Crippen LogP contribution in [0.1, 0.15) is 38.7 Å². The first-order valence-corrected chi connectivity index (χ1v) is 9.02. The van der Waals surface area contributed by atoms with Gasteiger partial charge in [-0.1, -0.05) is 12.1 Å². The van der Waals surface area contributed by atoms with Crippen LogP contribution in [0.3, 0.4) is 0 Å². The van der Waals surface area contributed by atoms with Crippen LogP contribution in [0.2, 0.25) is 0 Å². The number of benzene rings is 1. The smallest absolute Gasteiger partial charge is 0.365 e. The van der Waals surface area contributed by atoms with Crippen LogP contribution in [0, 0.1) is 5.92 Å². The highest BCUT2D eigenvalue weighted by atomic mass is 19.3. The molecule has 148 valence electrons. The largest absolute Gasteiger partial charge is 0.372 e. The maximum absolute atomic E-state index is 13.4. The van der Waals surface area contributed by atoms with Crippen LogP contribution in [0.15, 0.2) is 29.8 Å². The van der Waals surface area contributed by atoms with Crippen molar-refractivity contribution in [3.05, 3.63) is 35.4 Å². The van der Waals surface area contributed by atoms with Gasteiger partial charge in [-0.2, -0.15) is 8.78 Å². The minimum absolute atomic E-state index is 0.127. The molecule has 3 nitrogen and oxygen atoms in total. The number of hydrogen-bond donors (Lipinski definition) is 0. The number of carbonyl (C=O) groups excluding carboxylic acids is 2. The molecule has 0 saturated heterocycles. The van der Waals surface area contributed by atoms with Crippen molar-refractivity contribution in [3.8, 4) is 0 Å². The Balaban J connectivity index is 2.21. The van der Waals surface area contributed by atoms with Crippen molar-refractivity contribution in [2.75, 3.05) is 18.0 Å². The number of halogens is 4. The van der Waals surface area contributed by atoms with Gasteiger partial charge in [0.1, 0.15) is 0 Å². The molecular formula is C20H23F4NO2. The standard InChI is InChI=1S/C20H23F4NO2/c1-3-25(4-2)15-10-8-13(9-11-15)12-14-6-5-7-16(17(14)26)18(27)20(23,24)19(21)22/h8-12,16,19H,3-7H2,1-2H3/b14-12+. The summed E-state index contributed by atoms with van der Waals surface area (Å²) in [6, 6.07) is 7.38. The third kappa shape index (κ3) is 4.57. The Kier molecular flexibility index (Phi) is 6.78. The van der Waals surface area contributed by atoms with E-state index in [-0.39, 0.29) is 12.0 Å². The van der Waals surface area contributed by atoms with Crippen LogP contribution in [0.25, 0.3) is 6.08 Å². The maximum Gasteiger partial charge on any atom is 0.365 e. The summed E-state index contributed by atoms with van der Waals surface area (Å²) in [5.74, 6) is -9.26. The molecule has 1 fully saturated rings. The highest BCUT2D eigenvalue weighted by Gasteiger charge is 2.53. The third-order valence-electron chi connectivity index (χ3n) is 4.85. The Bertz CT molecular complexity index is 709. The first-order valence-electron chi connectivity index (χ1n) is 9.02. The first kappa shape index (κ1) is 21.1. The summed E-state index contributed by atoms with van der Waals surface area (Å²) in [6.45, 7) is 5.76. The number of rotatable bonds is 7. The van der Waals surface area contributed by atoms with Gasteiger partial charge in [-0.05, 0) is 62.5 Å². The second-order valence-corrected chi connectivity index (χ2v) is 6.53. The summed E-state index contributed by atoms with van der Waals surface area (Å²) in [5.41, 5.74) is 1.94. The zero-order valence-corrected chi connectivity index (χ0v) is 15.4. The molecule has 7 heteroatoms. The molecule has 0 aliphatic heterocycles. The fourth-order valence-corrected chi connectivity index (χ4v) is 3.28. The molecule has 1 aliphatic rings. The molecule has 1 unspecified atom stereocenters. The lowest BCUT2D eigenvalue weighted by Gasteiger charge is -2.25. The van der Waals surface area contributed by atoms with E-state index in [4.69, 9.17) is 0 Å². The molecule has 1 aromatic rings. The van der Waals surface area contributed by atoms with Gasteiger partial charge in [-0.3, -0.25) is 9.59 Å². The molecule has 1 aliphatic carbocycles. The zero-order chi connectivity index (χ0) is 20.2. The lowest BCUT2D eigenvalue weighted by Crippen LogP contribution is -2.44. The summed E-state index contributed by atoms with van der Waals surface area (Å²) in [7, 11) is 0. The van der Waals surface area contributed by atoms with Crippen molar-refractivity contribution >= 4 is 23.3 Å². The summed E-state index contributed by atoms with van der Waals surface area (Å²) >= 11 is 0. The van der Waals surface area contributed by atoms with E-state index in [9.17, 15) is 27.2 Å². The van der Waals surface area contributed by atoms with Crippen LogP contribution in [0.5, 0.6) is 0 Å². The number of hydrogen-bond acceptors (Lipinski definition) is 3. The average Bonchev–Trinajstić information content (AvgIpc) is 2.65. The fraction of sp³-hybridized carbons (Fsp3) is 0.500. The Morgan fingerprint density at radius 2 is 1.81 bits per heavy atom. The highest BCUT2D eigenvalue weighted by molar-refractivity contribution is 6.14. The van der Waals surface area contributed by atoms with Gasteiger partial charge >= 0.3 is 12.3 Å². The Hall–Kier alpha value is -2.18. The van der Waals surface area contributed by atoms with Gasteiger partial charge in [-0.15, -0.1) is 0 Å². The fourth-order valence-electron chi connectivity index (χ4n) is 3.28. The van der Waals surface area contributed by atoms with Crippen LogP contribution >= 0.6 is 0 Å². The number of nitrogens with zero attached hydrogens (tertiary/aromatic N) is 1. The molecular weight excluding hydrogens is 362 g/mol. The lowest BCUT2D eigenvalue weighted by molar-refractivity contribution is -0.172. The van der Waals surface area contributed by atoms with E-state index in [2.05, 4.69) is 4.90 Å². The van der Waals surface area contributed by atoms with E-state index in [1.54, 1.807) is 18.2 Å². The predicted molar refractivity (Wildman–Crippen MR) is 96.3 cm³/mol. The van der Waals surface area contributed by atoms with Gasteiger partial charge in [0, 0.05) is 18.8 Å². The van der Waals surface area contributed by atoms with Gasteiger partial charge in [0.25, 0.3) is 0 Å². The molecule has 0 bridgehead atoms.